The Labute approximate surface area is 252 Å². The molecule has 0 amide bonds. The molecule has 1 aliphatic carbocycles. The van der Waals surface area contributed by atoms with Gasteiger partial charge in [0, 0.05) is 88.2 Å². The molecule has 43 heavy (non-hydrogen) atoms. The average molecular weight is 587 g/mol. The Balaban J connectivity index is 1.18. The summed E-state index contributed by atoms with van der Waals surface area (Å²) in [6.07, 6.45) is 5.67. The van der Waals surface area contributed by atoms with Crippen molar-refractivity contribution in [3.8, 4) is 17.1 Å². The van der Waals surface area contributed by atoms with Gasteiger partial charge in [-0.05, 0) is 38.2 Å². The van der Waals surface area contributed by atoms with Crippen molar-refractivity contribution < 1.29 is 9.84 Å². The number of β-amino-alcohol motifs (C(OH)–C–C–N with tert-alkyl or cyclic N) is 1. The average Bonchev–Trinajstić information content (AvgIpc) is 3.40. The number of nitrogens with one attached hydrogen (secondary N) is 1. The monoisotopic (exact) mass is 586 g/mol. The number of aliphatic hydroxyl groups excluding tert-OH is 1. The smallest absolute Gasteiger partial charge is 0.266 e. The zero-order chi connectivity index (χ0) is 29.8. The second-order valence-corrected chi connectivity index (χ2v) is 11.6. The fourth-order valence-corrected chi connectivity index (χ4v) is 6.26. The van der Waals surface area contributed by atoms with Gasteiger partial charge in [0.05, 0.1) is 18.2 Å². The van der Waals surface area contributed by atoms with Crippen molar-refractivity contribution in [3.63, 3.8) is 0 Å². The first kappa shape index (κ1) is 29.3. The number of anilines is 1. The van der Waals surface area contributed by atoms with Crippen LogP contribution in [0.2, 0.25) is 0 Å². The second kappa shape index (κ2) is 13.2. The van der Waals surface area contributed by atoms with Crippen LogP contribution in [0.5, 0.6) is 5.88 Å². The summed E-state index contributed by atoms with van der Waals surface area (Å²) in [5.41, 5.74) is 4.29. The predicted octanol–water partition coefficient (Wildman–Crippen LogP) is 3.30. The summed E-state index contributed by atoms with van der Waals surface area (Å²) in [6.45, 7) is 8.84. The molecule has 4 heterocycles. The molecule has 228 valence electrons. The fourth-order valence-electron chi connectivity index (χ4n) is 6.26. The van der Waals surface area contributed by atoms with Gasteiger partial charge in [-0.2, -0.15) is 5.10 Å². The van der Waals surface area contributed by atoms with Gasteiger partial charge in [0.1, 0.15) is 17.6 Å². The Bertz CT molecular complexity index is 1570. The Morgan fingerprint density at radius 3 is 2.42 bits per heavy atom. The van der Waals surface area contributed by atoms with Crippen molar-refractivity contribution in [2.45, 2.75) is 51.3 Å². The van der Waals surface area contributed by atoms with Crippen LogP contribution in [0.15, 0.2) is 53.5 Å². The number of piperazine rings is 1. The van der Waals surface area contributed by atoms with Crippen molar-refractivity contribution in [1.82, 2.24) is 34.3 Å². The number of ether oxygens (including phenoxy) is 1. The third-order valence-corrected chi connectivity index (χ3v) is 8.68. The van der Waals surface area contributed by atoms with E-state index < -0.39 is 0 Å². The quantitative estimate of drug-likeness (QED) is 0.289. The molecule has 0 spiro atoms. The molecule has 0 bridgehead atoms. The SMILES string of the molecule is CCNc1cc2c(cn1)c(-c1ccc(CN3CCN(CCO)CC3)cc1)nn2[C@H]1CC[C@@H](Oc2ccc(=O)n(C)n2)CC1. The highest BCUT2D eigenvalue weighted by molar-refractivity contribution is 5.94. The molecule has 0 atom stereocenters. The van der Waals surface area contributed by atoms with E-state index in [1.807, 2.05) is 6.20 Å². The van der Waals surface area contributed by atoms with Gasteiger partial charge in [0.2, 0.25) is 5.88 Å². The van der Waals surface area contributed by atoms with Gasteiger partial charge < -0.3 is 15.2 Å². The number of nitrogens with zero attached hydrogens (tertiary/aromatic N) is 7. The lowest BCUT2D eigenvalue weighted by Crippen LogP contribution is -2.46. The van der Waals surface area contributed by atoms with E-state index in [2.05, 4.69) is 67.1 Å². The van der Waals surface area contributed by atoms with Crippen LogP contribution in [0, 0.1) is 0 Å². The lowest BCUT2D eigenvalue weighted by Gasteiger charge is -2.34. The van der Waals surface area contributed by atoms with Crippen LogP contribution in [0.25, 0.3) is 22.2 Å². The molecule has 2 aliphatic rings. The number of rotatable bonds is 10. The molecule has 3 aromatic heterocycles. The molecule has 2 fully saturated rings. The van der Waals surface area contributed by atoms with Gasteiger partial charge >= 0.3 is 0 Å². The minimum absolute atomic E-state index is 0.0618. The Hall–Kier alpha value is -3.80. The third-order valence-electron chi connectivity index (χ3n) is 8.68. The van der Waals surface area contributed by atoms with E-state index in [-0.39, 0.29) is 24.3 Å². The highest BCUT2D eigenvalue weighted by Gasteiger charge is 2.27. The van der Waals surface area contributed by atoms with Gasteiger partial charge in [-0.1, -0.05) is 24.3 Å². The van der Waals surface area contributed by atoms with E-state index in [1.165, 1.54) is 16.3 Å². The topological polar surface area (TPSA) is 114 Å². The number of hydrogen-bond acceptors (Lipinski definition) is 9. The molecule has 1 saturated carbocycles. The number of aromatic nitrogens is 5. The second-order valence-electron chi connectivity index (χ2n) is 11.6. The van der Waals surface area contributed by atoms with Crippen LogP contribution >= 0.6 is 0 Å². The molecule has 2 N–H and O–H groups in total. The molecular formula is C32H42N8O3. The number of hydrogen-bond donors (Lipinski definition) is 2. The number of benzene rings is 1. The molecular weight excluding hydrogens is 544 g/mol. The summed E-state index contributed by atoms with van der Waals surface area (Å²) in [5, 5.41) is 23.1. The standard InChI is InChI=1S/C32H42N8O3/c1-3-33-29-20-28-27(21-34-29)32(24-6-4-23(5-7-24)22-39-16-14-38(15-17-39)18-19-41)36-40(28)25-8-10-26(11-9-25)43-30-12-13-31(42)37(2)35-30/h4-7,12-13,20-21,25-26,41H,3,8-11,14-19,22H2,1-2H3,(H,33,34)/t25-,26+. The van der Waals surface area contributed by atoms with Gasteiger partial charge in [0.25, 0.3) is 5.56 Å². The van der Waals surface area contributed by atoms with E-state index in [1.54, 1.807) is 13.1 Å². The summed E-state index contributed by atoms with van der Waals surface area (Å²) in [5.74, 6) is 1.35. The first-order valence-corrected chi connectivity index (χ1v) is 15.5. The van der Waals surface area contributed by atoms with Crippen molar-refractivity contribution in [2.24, 2.45) is 7.05 Å². The normalized spacial score (nSPS) is 20.0. The summed E-state index contributed by atoms with van der Waals surface area (Å²) in [6, 6.07) is 14.3. The molecule has 1 aliphatic heterocycles. The molecule has 0 radical (unpaired) electrons. The first-order valence-electron chi connectivity index (χ1n) is 15.5. The maximum absolute atomic E-state index is 11.7. The fraction of sp³-hybridized carbons (Fsp3) is 0.500. The molecule has 4 aromatic rings. The minimum atomic E-state index is -0.146. The summed E-state index contributed by atoms with van der Waals surface area (Å²) >= 11 is 0. The largest absolute Gasteiger partial charge is 0.473 e. The molecule has 0 unspecified atom stereocenters. The summed E-state index contributed by atoms with van der Waals surface area (Å²) in [4.78, 5) is 21.2. The number of aliphatic hydroxyl groups is 1. The van der Waals surface area contributed by atoms with Crippen LogP contribution in [0.4, 0.5) is 5.82 Å². The van der Waals surface area contributed by atoms with Crippen molar-refractivity contribution >= 4 is 16.7 Å². The maximum atomic E-state index is 11.7. The number of pyridine rings is 1. The van der Waals surface area contributed by atoms with E-state index in [9.17, 15) is 9.90 Å². The molecule has 1 saturated heterocycles. The Morgan fingerprint density at radius 2 is 1.72 bits per heavy atom. The minimum Gasteiger partial charge on any atom is -0.473 e. The lowest BCUT2D eigenvalue weighted by atomic mass is 9.93. The van der Waals surface area contributed by atoms with E-state index >= 15 is 0 Å². The van der Waals surface area contributed by atoms with E-state index in [0.29, 0.717) is 5.88 Å². The van der Waals surface area contributed by atoms with Crippen LogP contribution in [0.3, 0.4) is 0 Å². The van der Waals surface area contributed by atoms with Crippen LogP contribution in [-0.2, 0) is 13.6 Å². The predicted molar refractivity (Wildman–Crippen MR) is 167 cm³/mol. The zero-order valence-corrected chi connectivity index (χ0v) is 25.2. The van der Waals surface area contributed by atoms with Crippen LogP contribution in [-0.4, -0.2) is 91.4 Å². The lowest BCUT2D eigenvalue weighted by molar-refractivity contribution is 0.108. The first-order chi connectivity index (χ1) is 21.0. The summed E-state index contributed by atoms with van der Waals surface area (Å²) < 4.78 is 9.64. The van der Waals surface area contributed by atoms with E-state index in [0.717, 1.165) is 99.5 Å². The number of aryl methyl sites for hydroxylation is 1. The van der Waals surface area contributed by atoms with Crippen molar-refractivity contribution in [3.05, 3.63) is 64.6 Å². The van der Waals surface area contributed by atoms with Gasteiger partial charge in [0.15, 0.2) is 0 Å². The van der Waals surface area contributed by atoms with Gasteiger partial charge in [-0.15, -0.1) is 5.10 Å². The van der Waals surface area contributed by atoms with Crippen LogP contribution in [0.1, 0.15) is 44.2 Å². The van der Waals surface area contributed by atoms with Gasteiger partial charge in [-0.25, -0.2) is 9.67 Å². The van der Waals surface area contributed by atoms with Crippen LogP contribution < -0.4 is 15.6 Å². The van der Waals surface area contributed by atoms with Crippen molar-refractivity contribution in [1.29, 1.82) is 0 Å². The molecule has 11 heteroatoms. The third kappa shape index (κ3) is 6.74. The highest BCUT2D eigenvalue weighted by atomic mass is 16.5. The number of fused-ring (bicyclic) bond motifs is 1. The molecule has 11 nitrogen and oxygen atoms in total. The Kier molecular flexibility index (Phi) is 9.01. The van der Waals surface area contributed by atoms with Crippen molar-refractivity contribution in [2.75, 3.05) is 51.2 Å². The summed E-state index contributed by atoms with van der Waals surface area (Å²) in [7, 11) is 1.64. The van der Waals surface area contributed by atoms with Gasteiger partial charge in [-0.3, -0.25) is 19.3 Å². The zero-order valence-electron chi connectivity index (χ0n) is 25.2. The maximum Gasteiger partial charge on any atom is 0.266 e. The highest BCUT2D eigenvalue weighted by Crippen LogP contribution is 2.36. The van der Waals surface area contributed by atoms with E-state index in [4.69, 9.17) is 9.84 Å². The molecule has 6 rings (SSSR count). The molecule has 1 aromatic carbocycles. The Morgan fingerprint density at radius 1 is 0.977 bits per heavy atom.